The summed E-state index contributed by atoms with van der Waals surface area (Å²) in [5.74, 6) is 0.213. The topological polar surface area (TPSA) is 75.0 Å². The molecule has 1 aromatic heterocycles. The number of carbonyl (C=O) groups excluding carboxylic acids is 1. The van der Waals surface area contributed by atoms with E-state index in [2.05, 4.69) is 28.4 Å². The van der Waals surface area contributed by atoms with Gasteiger partial charge in [0.05, 0.1) is 11.7 Å². The van der Waals surface area contributed by atoms with E-state index >= 15 is 0 Å². The number of hydrogen-bond acceptors (Lipinski definition) is 3. The minimum absolute atomic E-state index is 0.0380. The molecule has 3 N–H and O–H groups in total. The van der Waals surface area contributed by atoms with Crippen molar-refractivity contribution in [1.82, 2.24) is 15.1 Å². The van der Waals surface area contributed by atoms with Crippen molar-refractivity contribution in [3.05, 3.63) is 42.1 Å². The monoisotopic (exact) mass is 342 g/mol. The van der Waals surface area contributed by atoms with Gasteiger partial charge in [0.2, 0.25) is 5.91 Å². The van der Waals surface area contributed by atoms with Crippen LogP contribution in [-0.4, -0.2) is 40.6 Å². The number of unbranched alkanes of at least 4 members (excludes halogenated alkanes) is 2. The number of carbonyl (C=O) groups is 1. The average molecular weight is 342 g/mol. The molecule has 1 heterocycles. The smallest absolute Gasteiger partial charge is 0.239 e. The van der Waals surface area contributed by atoms with Gasteiger partial charge in [0.15, 0.2) is 0 Å². The second-order valence-electron chi connectivity index (χ2n) is 6.98. The molecular formula is C20H30N4O. The Hall–Kier alpha value is -2.14. The number of aromatic nitrogens is 2. The van der Waals surface area contributed by atoms with E-state index in [4.69, 9.17) is 5.73 Å². The summed E-state index contributed by atoms with van der Waals surface area (Å²) in [4.78, 5) is 13.9. The molecule has 1 atom stereocenters. The van der Waals surface area contributed by atoms with Gasteiger partial charge in [0.1, 0.15) is 0 Å². The second kappa shape index (κ2) is 9.37. The fraction of sp³-hybridized carbons (Fsp3) is 0.500. The molecule has 5 nitrogen and oxygen atoms in total. The van der Waals surface area contributed by atoms with E-state index < -0.39 is 6.04 Å². The summed E-state index contributed by atoms with van der Waals surface area (Å²) in [5, 5.41) is 7.50. The number of H-pyrrole nitrogens is 1. The molecule has 25 heavy (non-hydrogen) atoms. The number of hydrogen-bond donors (Lipinski definition) is 2. The van der Waals surface area contributed by atoms with E-state index in [-0.39, 0.29) is 11.8 Å². The molecule has 2 rings (SSSR count). The second-order valence-corrected chi connectivity index (χ2v) is 6.98. The third kappa shape index (κ3) is 5.71. The molecule has 0 spiro atoms. The number of rotatable bonds is 9. The van der Waals surface area contributed by atoms with Crippen molar-refractivity contribution in [3.63, 3.8) is 0 Å². The van der Waals surface area contributed by atoms with Crippen molar-refractivity contribution in [2.45, 2.75) is 45.6 Å². The Morgan fingerprint density at radius 2 is 1.92 bits per heavy atom. The van der Waals surface area contributed by atoms with Crippen molar-refractivity contribution in [2.24, 2.45) is 11.7 Å². The lowest BCUT2D eigenvalue weighted by molar-refractivity contribution is -0.132. The van der Waals surface area contributed by atoms with Gasteiger partial charge in [-0.2, -0.15) is 5.10 Å². The molecule has 1 aromatic carbocycles. The molecule has 0 aliphatic carbocycles. The van der Waals surface area contributed by atoms with Gasteiger partial charge in [-0.05, 0) is 31.2 Å². The van der Waals surface area contributed by atoms with Crippen molar-refractivity contribution >= 4 is 5.91 Å². The lowest BCUT2D eigenvalue weighted by Crippen LogP contribution is -2.45. The first-order valence-electron chi connectivity index (χ1n) is 9.09. The number of likely N-dealkylation sites (N-methyl/N-ethyl adjacent to an activating group) is 1. The summed E-state index contributed by atoms with van der Waals surface area (Å²) in [7, 11) is 1.84. The number of aromatic amines is 1. The third-order valence-corrected chi connectivity index (χ3v) is 4.52. The first-order valence-corrected chi connectivity index (χ1v) is 9.09. The Morgan fingerprint density at radius 1 is 1.20 bits per heavy atom. The number of amides is 1. The maximum Gasteiger partial charge on any atom is 0.239 e. The Morgan fingerprint density at radius 3 is 2.60 bits per heavy atom. The van der Waals surface area contributed by atoms with Crippen molar-refractivity contribution in [1.29, 1.82) is 0 Å². The summed E-state index contributed by atoms with van der Waals surface area (Å²) in [6, 6.07) is 11.9. The van der Waals surface area contributed by atoms with Crippen LogP contribution in [-0.2, 0) is 11.2 Å². The molecule has 0 radical (unpaired) electrons. The molecule has 5 heteroatoms. The molecule has 0 unspecified atom stereocenters. The summed E-state index contributed by atoms with van der Waals surface area (Å²) < 4.78 is 0. The summed E-state index contributed by atoms with van der Waals surface area (Å²) >= 11 is 0. The van der Waals surface area contributed by atoms with Gasteiger partial charge < -0.3 is 10.6 Å². The molecule has 0 saturated carbocycles. The van der Waals surface area contributed by atoms with Gasteiger partial charge in [-0.15, -0.1) is 0 Å². The highest BCUT2D eigenvalue weighted by Gasteiger charge is 2.20. The first kappa shape index (κ1) is 19.2. The van der Waals surface area contributed by atoms with E-state index in [1.807, 2.05) is 39.1 Å². The molecule has 136 valence electrons. The Bertz CT molecular complexity index is 651. The maximum absolute atomic E-state index is 12.1. The molecule has 0 aliphatic rings. The SMILES string of the molecule is CC(C)[C@H](N)C(=O)N(C)CCCCCc1cc(-c2ccccc2)n[nH]1. The fourth-order valence-electron chi connectivity index (χ4n) is 2.74. The van der Waals surface area contributed by atoms with E-state index in [9.17, 15) is 4.79 Å². The van der Waals surface area contributed by atoms with Crippen molar-refractivity contribution in [2.75, 3.05) is 13.6 Å². The zero-order valence-electron chi connectivity index (χ0n) is 15.5. The van der Waals surface area contributed by atoms with Crippen LogP contribution in [0.2, 0.25) is 0 Å². The molecule has 2 aromatic rings. The van der Waals surface area contributed by atoms with Crippen LogP contribution in [0, 0.1) is 5.92 Å². The standard InChI is InChI=1S/C20H30N4O/c1-15(2)19(21)20(25)24(3)13-9-5-8-12-17-14-18(23-22-17)16-10-6-4-7-11-16/h4,6-7,10-11,14-15,19H,5,8-9,12-13,21H2,1-3H3,(H,22,23)/t19-/m0/s1. The Balaban J connectivity index is 1.68. The van der Waals surface area contributed by atoms with Gasteiger partial charge in [-0.1, -0.05) is 50.6 Å². The zero-order chi connectivity index (χ0) is 18.2. The van der Waals surface area contributed by atoms with E-state index in [1.165, 1.54) is 0 Å². The van der Waals surface area contributed by atoms with Gasteiger partial charge in [0, 0.05) is 24.8 Å². The number of nitrogens with two attached hydrogens (primary N) is 1. The molecule has 0 fully saturated rings. The van der Waals surface area contributed by atoms with Crippen LogP contribution in [0.5, 0.6) is 0 Å². The molecular weight excluding hydrogens is 312 g/mol. The van der Waals surface area contributed by atoms with E-state index in [0.29, 0.717) is 0 Å². The fourth-order valence-corrected chi connectivity index (χ4v) is 2.74. The van der Waals surface area contributed by atoms with E-state index in [1.54, 1.807) is 4.90 Å². The third-order valence-electron chi connectivity index (χ3n) is 4.52. The highest BCUT2D eigenvalue weighted by atomic mass is 16.2. The van der Waals surface area contributed by atoms with Crippen LogP contribution in [0.15, 0.2) is 36.4 Å². The average Bonchev–Trinajstić information content (AvgIpc) is 3.09. The minimum atomic E-state index is -0.397. The van der Waals surface area contributed by atoms with Gasteiger partial charge in [-0.25, -0.2) is 0 Å². The van der Waals surface area contributed by atoms with Crippen LogP contribution < -0.4 is 5.73 Å². The van der Waals surface area contributed by atoms with Crippen molar-refractivity contribution in [3.8, 4) is 11.3 Å². The van der Waals surface area contributed by atoms with Gasteiger partial charge >= 0.3 is 0 Å². The lowest BCUT2D eigenvalue weighted by Gasteiger charge is -2.23. The maximum atomic E-state index is 12.1. The largest absolute Gasteiger partial charge is 0.344 e. The van der Waals surface area contributed by atoms with Crippen LogP contribution >= 0.6 is 0 Å². The first-order chi connectivity index (χ1) is 12.0. The number of nitrogens with zero attached hydrogens (tertiary/aromatic N) is 2. The predicted molar refractivity (Wildman–Crippen MR) is 102 cm³/mol. The number of nitrogens with one attached hydrogen (secondary N) is 1. The van der Waals surface area contributed by atoms with E-state index in [0.717, 1.165) is 49.2 Å². The zero-order valence-corrected chi connectivity index (χ0v) is 15.5. The molecule has 0 bridgehead atoms. The summed E-state index contributed by atoms with van der Waals surface area (Å²) in [6.07, 6.45) is 4.12. The Kier molecular flexibility index (Phi) is 7.19. The van der Waals surface area contributed by atoms with Crippen LogP contribution in [0.1, 0.15) is 38.8 Å². The molecule has 1 amide bonds. The Labute approximate surface area is 150 Å². The minimum Gasteiger partial charge on any atom is -0.344 e. The molecule has 0 saturated heterocycles. The predicted octanol–water partition coefficient (Wildman–Crippen LogP) is 3.23. The van der Waals surface area contributed by atoms with Crippen LogP contribution in [0.3, 0.4) is 0 Å². The lowest BCUT2D eigenvalue weighted by atomic mass is 10.0. The highest BCUT2D eigenvalue weighted by molar-refractivity contribution is 5.81. The van der Waals surface area contributed by atoms with Crippen LogP contribution in [0.4, 0.5) is 0 Å². The highest BCUT2D eigenvalue weighted by Crippen LogP contribution is 2.18. The van der Waals surface area contributed by atoms with Gasteiger partial charge in [0.25, 0.3) is 0 Å². The normalized spacial score (nSPS) is 12.4. The molecule has 0 aliphatic heterocycles. The quantitative estimate of drug-likeness (QED) is 0.687. The van der Waals surface area contributed by atoms with Gasteiger partial charge in [-0.3, -0.25) is 9.89 Å². The van der Waals surface area contributed by atoms with Crippen LogP contribution in [0.25, 0.3) is 11.3 Å². The summed E-state index contributed by atoms with van der Waals surface area (Å²) in [5.41, 5.74) is 9.19. The van der Waals surface area contributed by atoms with Crippen molar-refractivity contribution < 1.29 is 4.79 Å². The summed E-state index contributed by atoms with van der Waals surface area (Å²) in [6.45, 7) is 4.71. The number of aryl methyl sites for hydroxylation is 1. The number of benzene rings is 1.